The SMILES string of the molecule is CC(C)Nc1ccnc(C(=O)Nc2ccc3c(c2)OCO3)c1. The molecule has 1 aliphatic rings. The predicted octanol–water partition coefficient (Wildman–Crippen LogP) is 2.88. The molecule has 1 aromatic heterocycles. The molecule has 0 aliphatic carbocycles. The Hall–Kier alpha value is -2.76. The van der Waals surface area contributed by atoms with E-state index in [-0.39, 0.29) is 18.7 Å². The zero-order chi connectivity index (χ0) is 15.5. The summed E-state index contributed by atoms with van der Waals surface area (Å²) in [7, 11) is 0. The van der Waals surface area contributed by atoms with Crippen molar-refractivity contribution in [2.45, 2.75) is 19.9 Å². The van der Waals surface area contributed by atoms with Crippen molar-refractivity contribution >= 4 is 17.3 Å². The third kappa shape index (κ3) is 3.11. The Bertz CT molecular complexity index is 701. The van der Waals surface area contributed by atoms with Gasteiger partial charge >= 0.3 is 0 Å². The second kappa shape index (κ2) is 5.93. The van der Waals surface area contributed by atoms with Crippen LogP contribution < -0.4 is 20.1 Å². The van der Waals surface area contributed by atoms with E-state index in [1.807, 2.05) is 19.9 Å². The number of carbonyl (C=O) groups excluding carboxylic acids is 1. The number of nitrogens with one attached hydrogen (secondary N) is 2. The number of carbonyl (C=O) groups is 1. The van der Waals surface area contributed by atoms with Crippen LogP contribution in [0.25, 0.3) is 0 Å². The number of fused-ring (bicyclic) bond motifs is 1. The molecule has 0 radical (unpaired) electrons. The Morgan fingerprint density at radius 1 is 1.14 bits per heavy atom. The Kier molecular flexibility index (Phi) is 3.82. The van der Waals surface area contributed by atoms with Gasteiger partial charge in [0, 0.05) is 29.7 Å². The fourth-order valence-electron chi connectivity index (χ4n) is 2.15. The summed E-state index contributed by atoms with van der Waals surface area (Å²) in [5.41, 5.74) is 1.85. The van der Waals surface area contributed by atoms with Gasteiger partial charge in [-0.2, -0.15) is 0 Å². The molecule has 22 heavy (non-hydrogen) atoms. The van der Waals surface area contributed by atoms with Gasteiger partial charge in [-0.1, -0.05) is 0 Å². The first-order valence-corrected chi connectivity index (χ1v) is 7.05. The molecule has 1 aromatic carbocycles. The quantitative estimate of drug-likeness (QED) is 0.908. The standard InChI is InChI=1S/C16H17N3O3/c1-10(2)18-12-5-6-17-13(7-12)16(20)19-11-3-4-14-15(8-11)22-9-21-14/h3-8,10H,9H2,1-2H3,(H,17,18)(H,19,20). The van der Waals surface area contributed by atoms with E-state index in [4.69, 9.17) is 9.47 Å². The first kappa shape index (κ1) is 14.2. The summed E-state index contributed by atoms with van der Waals surface area (Å²) >= 11 is 0. The third-order valence-corrected chi connectivity index (χ3v) is 3.08. The van der Waals surface area contributed by atoms with Gasteiger partial charge in [0.25, 0.3) is 5.91 Å². The Balaban J connectivity index is 1.74. The molecule has 6 nitrogen and oxygen atoms in total. The van der Waals surface area contributed by atoms with E-state index in [1.165, 1.54) is 0 Å². The van der Waals surface area contributed by atoms with Crippen LogP contribution in [-0.2, 0) is 0 Å². The first-order chi connectivity index (χ1) is 10.6. The van der Waals surface area contributed by atoms with Gasteiger partial charge in [0.2, 0.25) is 6.79 Å². The van der Waals surface area contributed by atoms with Gasteiger partial charge in [0.05, 0.1) is 0 Å². The fraction of sp³-hybridized carbons (Fsp3) is 0.250. The van der Waals surface area contributed by atoms with Crippen LogP contribution in [0.15, 0.2) is 36.5 Å². The summed E-state index contributed by atoms with van der Waals surface area (Å²) < 4.78 is 10.5. The lowest BCUT2D eigenvalue weighted by Crippen LogP contribution is -2.15. The molecule has 0 saturated carbocycles. The minimum atomic E-state index is -0.272. The molecule has 2 heterocycles. The molecular weight excluding hydrogens is 282 g/mol. The number of hydrogen-bond donors (Lipinski definition) is 2. The molecule has 3 rings (SSSR count). The van der Waals surface area contributed by atoms with Crippen molar-refractivity contribution in [1.82, 2.24) is 4.98 Å². The summed E-state index contributed by atoms with van der Waals surface area (Å²) in [6.07, 6.45) is 1.61. The average molecular weight is 299 g/mol. The maximum Gasteiger partial charge on any atom is 0.274 e. The molecule has 6 heteroatoms. The lowest BCUT2D eigenvalue weighted by atomic mass is 10.2. The largest absolute Gasteiger partial charge is 0.454 e. The first-order valence-electron chi connectivity index (χ1n) is 7.05. The molecule has 2 N–H and O–H groups in total. The molecule has 0 spiro atoms. The van der Waals surface area contributed by atoms with E-state index >= 15 is 0 Å². The maximum atomic E-state index is 12.3. The van der Waals surface area contributed by atoms with Crippen LogP contribution in [0.4, 0.5) is 11.4 Å². The smallest absolute Gasteiger partial charge is 0.274 e. The number of ether oxygens (including phenoxy) is 2. The molecule has 0 saturated heterocycles. The number of anilines is 2. The number of aromatic nitrogens is 1. The van der Waals surface area contributed by atoms with Crippen LogP contribution in [0, 0.1) is 0 Å². The van der Waals surface area contributed by atoms with Crippen LogP contribution >= 0.6 is 0 Å². The van der Waals surface area contributed by atoms with Gasteiger partial charge in [-0.15, -0.1) is 0 Å². The molecule has 0 unspecified atom stereocenters. The third-order valence-electron chi connectivity index (χ3n) is 3.08. The molecular formula is C16H17N3O3. The van der Waals surface area contributed by atoms with Crippen molar-refractivity contribution in [1.29, 1.82) is 0 Å². The van der Waals surface area contributed by atoms with E-state index < -0.39 is 0 Å². The van der Waals surface area contributed by atoms with Gasteiger partial charge in [-0.3, -0.25) is 9.78 Å². The fourth-order valence-corrected chi connectivity index (χ4v) is 2.15. The summed E-state index contributed by atoms with van der Waals surface area (Å²) in [4.78, 5) is 16.4. The lowest BCUT2D eigenvalue weighted by Gasteiger charge is -2.11. The normalized spacial score (nSPS) is 12.3. The van der Waals surface area contributed by atoms with E-state index in [9.17, 15) is 4.79 Å². The number of rotatable bonds is 4. The topological polar surface area (TPSA) is 72.5 Å². The van der Waals surface area contributed by atoms with E-state index in [1.54, 1.807) is 30.5 Å². The van der Waals surface area contributed by atoms with Gasteiger partial charge in [0.1, 0.15) is 5.69 Å². The zero-order valence-corrected chi connectivity index (χ0v) is 12.4. The number of nitrogens with zero attached hydrogens (tertiary/aromatic N) is 1. The van der Waals surface area contributed by atoms with Crippen molar-refractivity contribution in [2.24, 2.45) is 0 Å². The second-order valence-electron chi connectivity index (χ2n) is 5.25. The van der Waals surface area contributed by atoms with Gasteiger partial charge in [-0.05, 0) is 38.1 Å². The van der Waals surface area contributed by atoms with E-state index in [0.29, 0.717) is 22.9 Å². The van der Waals surface area contributed by atoms with Crippen molar-refractivity contribution in [3.63, 3.8) is 0 Å². The van der Waals surface area contributed by atoms with Gasteiger partial charge in [0.15, 0.2) is 11.5 Å². The Morgan fingerprint density at radius 3 is 2.77 bits per heavy atom. The average Bonchev–Trinajstić information content (AvgIpc) is 2.94. The van der Waals surface area contributed by atoms with E-state index in [0.717, 1.165) is 5.69 Å². The molecule has 0 bridgehead atoms. The summed E-state index contributed by atoms with van der Waals surface area (Å²) in [5.74, 6) is 1.03. The van der Waals surface area contributed by atoms with Crippen LogP contribution in [0.1, 0.15) is 24.3 Å². The highest BCUT2D eigenvalue weighted by molar-refractivity contribution is 6.03. The maximum absolute atomic E-state index is 12.3. The highest BCUT2D eigenvalue weighted by atomic mass is 16.7. The predicted molar refractivity (Wildman–Crippen MR) is 83.5 cm³/mol. The Labute approximate surface area is 128 Å². The molecule has 1 amide bonds. The van der Waals surface area contributed by atoms with Gasteiger partial charge in [-0.25, -0.2) is 0 Å². The summed E-state index contributed by atoms with van der Waals surface area (Å²) in [6.45, 7) is 4.27. The molecule has 0 atom stereocenters. The highest BCUT2D eigenvalue weighted by Crippen LogP contribution is 2.34. The van der Waals surface area contributed by atoms with Crippen molar-refractivity contribution in [3.05, 3.63) is 42.2 Å². The Morgan fingerprint density at radius 2 is 1.95 bits per heavy atom. The van der Waals surface area contributed by atoms with Gasteiger partial charge < -0.3 is 20.1 Å². The monoisotopic (exact) mass is 299 g/mol. The highest BCUT2D eigenvalue weighted by Gasteiger charge is 2.15. The minimum absolute atomic E-state index is 0.206. The molecule has 1 aliphatic heterocycles. The summed E-state index contributed by atoms with van der Waals surface area (Å²) in [5, 5.41) is 6.05. The number of benzene rings is 1. The van der Waals surface area contributed by atoms with Crippen LogP contribution in [0.5, 0.6) is 11.5 Å². The number of hydrogen-bond acceptors (Lipinski definition) is 5. The van der Waals surface area contributed by atoms with Crippen molar-refractivity contribution in [2.75, 3.05) is 17.4 Å². The van der Waals surface area contributed by atoms with Crippen molar-refractivity contribution < 1.29 is 14.3 Å². The second-order valence-corrected chi connectivity index (χ2v) is 5.25. The molecule has 0 fully saturated rings. The molecule has 114 valence electrons. The van der Waals surface area contributed by atoms with E-state index in [2.05, 4.69) is 15.6 Å². The number of pyridine rings is 1. The number of amides is 1. The lowest BCUT2D eigenvalue weighted by molar-refractivity contribution is 0.102. The zero-order valence-electron chi connectivity index (χ0n) is 12.4. The van der Waals surface area contributed by atoms with Crippen LogP contribution in [0.3, 0.4) is 0 Å². The van der Waals surface area contributed by atoms with Crippen LogP contribution in [0.2, 0.25) is 0 Å². The van der Waals surface area contributed by atoms with Crippen LogP contribution in [-0.4, -0.2) is 23.7 Å². The molecule has 2 aromatic rings. The summed E-state index contributed by atoms with van der Waals surface area (Å²) in [6, 6.07) is 9.10. The van der Waals surface area contributed by atoms with Crippen molar-refractivity contribution in [3.8, 4) is 11.5 Å². The minimum Gasteiger partial charge on any atom is -0.454 e.